The third-order valence-electron chi connectivity index (χ3n) is 0. The Morgan fingerprint density at radius 1 is 1.12 bits per heavy atom. The normalized spacial score (nSPS) is 8.12. The van der Waals surface area contributed by atoms with E-state index in [1.165, 1.54) is 0 Å². The molecule has 6 nitrogen and oxygen atoms in total. The summed E-state index contributed by atoms with van der Waals surface area (Å²) in [6, 6.07) is 0. The third-order valence-corrected chi connectivity index (χ3v) is 0. The van der Waals surface area contributed by atoms with Gasteiger partial charge in [-0.25, -0.2) is 4.57 Å². The quantitative estimate of drug-likeness (QED) is 0.166. The molecule has 0 aliphatic carbocycles. The molecule has 0 aromatic heterocycles. The van der Waals surface area contributed by atoms with Crippen molar-refractivity contribution in [1.29, 1.82) is 0 Å². The molecule has 8 heteroatoms. The van der Waals surface area contributed by atoms with Gasteiger partial charge in [0.25, 0.3) is 0 Å². The second-order valence-corrected chi connectivity index (χ2v) is 1.54. The van der Waals surface area contributed by atoms with Gasteiger partial charge < -0.3 is 14.7 Å². The van der Waals surface area contributed by atoms with Crippen LogP contribution in [0, 0.1) is 0 Å². The van der Waals surface area contributed by atoms with Crippen LogP contribution in [-0.4, -0.2) is 14.7 Å². The van der Waals surface area contributed by atoms with Crippen molar-refractivity contribution in [3.8, 4) is 0 Å². The zero-order chi connectivity index (χ0) is 6.50. The van der Waals surface area contributed by atoms with E-state index in [4.69, 9.17) is 19.2 Å². The lowest BCUT2D eigenvalue weighted by molar-refractivity contribution is 0.275. The lowest BCUT2D eigenvalue weighted by Gasteiger charge is -1.82. The highest BCUT2D eigenvalue weighted by Crippen LogP contribution is 2.25. The van der Waals surface area contributed by atoms with E-state index in [-0.39, 0.29) is 12.4 Å². The standard InChI is InChI=1S/ClH.H4N2.H3O4P/c;1-2;1-5(2,3)4/h1H;1-2H2;(H3,1,2,3,4). The van der Waals surface area contributed by atoms with Crippen LogP contribution < -0.4 is 11.7 Å². The summed E-state index contributed by atoms with van der Waals surface area (Å²) in [5.74, 6) is 8.00. The first-order valence-electron chi connectivity index (χ1n) is 1.12. The Balaban J connectivity index is -0.0000000750. The lowest BCUT2D eigenvalue weighted by Crippen LogP contribution is -2.02. The fraction of sp³-hybridized carbons (Fsp3) is 0. The molecule has 0 bridgehead atoms. The lowest BCUT2D eigenvalue weighted by atomic mass is 13.0. The van der Waals surface area contributed by atoms with Crippen molar-refractivity contribution in [2.45, 2.75) is 0 Å². The van der Waals surface area contributed by atoms with Crippen molar-refractivity contribution in [3.05, 3.63) is 0 Å². The van der Waals surface area contributed by atoms with E-state index in [2.05, 4.69) is 11.7 Å². The fourth-order valence-corrected chi connectivity index (χ4v) is 0. The van der Waals surface area contributed by atoms with Gasteiger partial charge in [0.15, 0.2) is 0 Å². The molecule has 8 heavy (non-hydrogen) atoms. The minimum atomic E-state index is -4.64. The number of phosphoric acid groups is 1. The summed E-state index contributed by atoms with van der Waals surface area (Å²) in [6.07, 6.45) is 0. The van der Waals surface area contributed by atoms with Crippen LogP contribution in [0.4, 0.5) is 0 Å². The maximum absolute atomic E-state index is 8.88. The zero-order valence-corrected chi connectivity index (χ0v) is 5.47. The average molecular weight is 167 g/mol. The van der Waals surface area contributed by atoms with E-state index in [9.17, 15) is 0 Å². The molecule has 0 spiro atoms. The van der Waals surface area contributed by atoms with Gasteiger partial charge in [-0.15, -0.1) is 12.4 Å². The molecule has 0 rings (SSSR count). The molecule has 0 aromatic rings. The third kappa shape index (κ3) is 1750. The Bertz CT molecular complexity index is 60.2. The number of nitrogens with two attached hydrogens (primary N) is 2. The smallest absolute Gasteiger partial charge is 0.303 e. The van der Waals surface area contributed by atoms with Crippen LogP contribution in [0.5, 0.6) is 0 Å². The molecule has 0 unspecified atom stereocenters. The van der Waals surface area contributed by atoms with Crippen LogP contribution in [0.3, 0.4) is 0 Å². The highest BCUT2D eigenvalue weighted by atomic mass is 35.5. The van der Waals surface area contributed by atoms with Gasteiger partial charge in [-0.3, -0.25) is 11.7 Å². The Morgan fingerprint density at radius 3 is 1.12 bits per heavy atom. The van der Waals surface area contributed by atoms with Crippen molar-refractivity contribution in [2.24, 2.45) is 11.7 Å². The largest absolute Gasteiger partial charge is 0.466 e. The summed E-state index contributed by atoms with van der Waals surface area (Å²) in [5, 5.41) is 0. The molecule has 0 amide bonds. The predicted octanol–water partition coefficient (Wildman–Crippen LogP) is -1.69. The molecule has 0 aromatic carbocycles. The number of hydrogen-bond donors (Lipinski definition) is 5. The molecular formula is H8ClN2O4P. The Hall–Kier alpha value is 0.320. The van der Waals surface area contributed by atoms with Gasteiger partial charge in [0.1, 0.15) is 0 Å². The summed E-state index contributed by atoms with van der Waals surface area (Å²) in [5.41, 5.74) is 0. The summed E-state index contributed by atoms with van der Waals surface area (Å²) in [4.78, 5) is 21.6. The first-order chi connectivity index (χ1) is 3.00. The number of halogens is 1. The monoisotopic (exact) mass is 166 g/mol. The molecule has 0 aliphatic heterocycles. The fourth-order valence-electron chi connectivity index (χ4n) is 0. The molecule has 0 radical (unpaired) electrons. The van der Waals surface area contributed by atoms with Crippen molar-refractivity contribution in [1.82, 2.24) is 0 Å². The van der Waals surface area contributed by atoms with Crippen LogP contribution in [-0.2, 0) is 4.57 Å². The Morgan fingerprint density at radius 2 is 1.12 bits per heavy atom. The van der Waals surface area contributed by atoms with Gasteiger partial charge in [-0.2, -0.15) is 0 Å². The molecule has 0 saturated carbocycles. The average Bonchev–Trinajstić information content (AvgIpc) is 1.36. The summed E-state index contributed by atoms with van der Waals surface area (Å²) in [6.45, 7) is 0. The molecule has 54 valence electrons. The van der Waals surface area contributed by atoms with Crippen LogP contribution in [0.25, 0.3) is 0 Å². The van der Waals surface area contributed by atoms with Gasteiger partial charge in [-0.05, 0) is 0 Å². The second-order valence-electron chi connectivity index (χ2n) is 0.513. The molecule has 0 atom stereocenters. The second kappa shape index (κ2) is 7.32. The summed E-state index contributed by atoms with van der Waals surface area (Å²) in [7, 11) is -4.64. The number of rotatable bonds is 0. The topological polar surface area (TPSA) is 130 Å². The number of hydrogen-bond acceptors (Lipinski definition) is 3. The highest BCUT2D eigenvalue weighted by molar-refractivity contribution is 7.45. The highest BCUT2D eigenvalue weighted by Gasteiger charge is 2.00. The van der Waals surface area contributed by atoms with E-state index < -0.39 is 7.82 Å². The van der Waals surface area contributed by atoms with Crippen molar-refractivity contribution in [3.63, 3.8) is 0 Å². The summed E-state index contributed by atoms with van der Waals surface area (Å²) < 4.78 is 8.88. The van der Waals surface area contributed by atoms with E-state index in [1.807, 2.05) is 0 Å². The molecular weight excluding hydrogens is 158 g/mol. The molecule has 0 heterocycles. The van der Waals surface area contributed by atoms with Crippen molar-refractivity contribution in [2.75, 3.05) is 0 Å². The van der Waals surface area contributed by atoms with E-state index in [1.54, 1.807) is 0 Å². The Labute approximate surface area is 52.1 Å². The van der Waals surface area contributed by atoms with Crippen molar-refractivity contribution < 1.29 is 19.2 Å². The van der Waals surface area contributed by atoms with E-state index in [0.717, 1.165) is 0 Å². The molecule has 0 aliphatic rings. The minimum Gasteiger partial charge on any atom is -0.303 e. The van der Waals surface area contributed by atoms with Crippen molar-refractivity contribution >= 4 is 20.2 Å². The Kier molecular flexibility index (Phi) is 14.4. The maximum atomic E-state index is 8.88. The molecule has 7 N–H and O–H groups in total. The first kappa shape index (κ1) is 15.8. The first-order valence-corrected chi connectivity index (χ1v) is 2.68. The van der Waals surface area contributed by atoms with Crippen LogP contribution in [0.2, 0.25) is 0 Å². The molecule has 0 fully saturated rings. The van der Waals surface area contributed by atoms with Crippen LogP contribution >= 0.6 is 20.2 Å². The zero-order valence-electron chi connectivity index (χ0n) is 3.76. The minimum absolute atomic E-state index is 0. The van der Waals surface area contributed by atoms with Gasteiger partial charge in [0, 0.05) is 0 Å². The van der Waals surface area contributed by atoms with Crippen LogP contribution in [0.1, 0.15) is 0 Å². The van der Waals surface area contributed by atoms with Gasteiger partial charge >= 0.3 is 7.82 Å². The predicted molar refractivity (Wildman–Crippen MR) is 29.9 cm³/mol. The van der Waals surface area contributed by atoms with Crippen LogP contribution in [0.15, 0.2) is 0 Å². The maximum Gasteiger partial charge on any atom is 0.466 e. The SMILES string of the molecule is Cl.NN.O=P(O)(O)O. The van der Waals surface area contributed by atoms with E-state index >= 15 is 0 Å². The van der Waals surface area contributed by atoms with Gasteiger partial charge in [-0.1, -0.05) is 0 Å². The van der Waals surface area contributed by atoms with Gasteiger partial charge in [0.2, 0.25) is 0 Å². The molecule has 0 saturated heterocycles. The number of hydrazine groups is 1. The summed E-state index contributed by atoms with van der Waals surface area (Å²) >= 11 is 0. The van der Waals surface area contributed by atoms with E-state index in [0.29, 0.717) is 0 Å². The van der Waals surface area contributed by atoms with Gasteiger partial charge in [0.05, 0.1) is 0 Å².